The third-order valence-corrected chi connectivity index (χ3v) is 5.23. The minimum Gasteiger partial charge on any atom is -0.340 e. The molecule has 0 aromatic heterocycles. The molecule has 4 nitrogen and oxygen atoms in total. The molecule has 23 heavy (non-hydrogen) atoms. The van der Waals surface area contributed by atoms with Crippen LogP contribution in [0.2, 0.25) is 5.02 Å². The van der Waals surface area contributed by atoms with E-state index >= 15 is 0 Å². The van der Waals surface area contributed by atoms with Gasteiger partial charge in [0.25, 0.3) is 0 Å². The van der Waals surface area contributed by atoms with Gasteiger partial charge < -0.3 is 15.5 Å². The number of piperazine rings is 1. The number of hydrogen-bond acceptors (Lipinski definition) is 3. The summed E-state index contributed by atoms with van der Waals surface area (Å²) in [5.41, 5.74) is 1.16. The fraction of sp³-hybridized carbons (Fsp3) is 0.611. The Balaban J connectivity index is 1.86. The zero-order valence-corrected chi connectivity index (χ0v) is 14.7. The van der Waals surface area contributed by atoms with Crippen LogP contribution in [0, 0.1) is 0 Å². The zero-order valence-electron chi connectivity index (χ0n) is 13.9. The molecule has 0 saturated carbocycles. The molecule has 2 fully saturated rings. The van der Waals surface area contributed by atoms with Crippen LogP contribution < -0.4 is 10.6 Å². The number of nitrogens with zero attached hydrogens (tertiary/aromatic N) is 1. The lowest BCUT2D eigenvalue weighted by molar-refractivity contribution is -0.134. The molecule has 2 atom stereocenters. The summed E-state index contributed by atoms with van der Waals surface area (Å²) in [6.07, 6.45) is 2.12. The first kappa shape index (κ1) is 16.7. The van der Waals surface area contributed by atoms with Crippen LogP contribution in [0.4, 0.5) is 0 Å². The highest BCUT2D eigenvalue weighted by Crippen LogP contribution is 2.33. The van der Waals surface area contributed by atoms with Gasteiger partial charge >= 0.3 is 0 Å². The predicted octanol–water partition coefficient (Wildman–Crippen LogP) is 2.39. The second-order valence-corrected chi connectivity index (χ2v) is 7.71. The van der Waals surface area contributed by atoms with Crippen molar-refractivity contribution in [1.82, 2.24) is 15.5 Å². The first-order valence-corrected chi connectivity index (χ1v) is 8.87. The van der Waals surface area contributed by atoms with Gasteiger partial charge in [-0.1, -0.05) is 23.7 Å². The molecular weight excluding hydrogens is 310 g/mol. The lowest BCUT2D eigenvalue weighted by Gasteiger charge is -2.34. The minimum atomic E-state index is -0.132. The third kappa shape index (κ3) is 3.87. The number of carbonyl (C=O) groups is 1. The number of carbonyl (C=O) groups excluding carboxylic acids is 1. The molecule has 1 amide bonds. The lowest BCUT2D eigenvalue weighted by Crippen LogP contribution is -2.51. The molecule has 0 aliphatic carbocycles. The molecule has 3 rings (SSSR count). The van der Waals surface area contributed by atoms with Gasteiger partial charge in [0.05, 0.1) is 5.92 Å². The van der Waals surface area contributed by atoms with E-state index in [4.69, 9.17) is 11.6 Å². The standard InChI is InChI=1S/C18H26ClN3O/c1-18(2)8-7-15(21-18)16(13-3-5-14(19)6-4-13)17(23)22-11-9-20-10-12-22/h3-6,15-16,20-21H,7-12H2,1-2H3/t15-,16-/m0/s1. The van der Waals surface area contributed by atoms with Crippen molar-refractivity contribution < 1.29 is 4.79 Å². The van der Waals surface area contributed by atoms with Crippen LogP contribution in [0.3, 0.4) is 0 Å². The Morgan fingerprint density at radius 1 is 1.26 bits per heavy atom. The van der Waals surface area contributed by atoms with E-state index in [0.717, 1.165) is 44.6 Å². The van der Waals surface area contributed by atoms with Crippen LogP contribution >= 0.6 is 11.6 Å². The van der Waals surface area contributed by atoms with Gasteiger partial charge in [0, 0.05) is 42.8 Å². The number of hydrogen-bond donors (Lipinski definition) is 2. The summed E-state index contributed by atoms with van der Waals surface area (Å²) in [5, 5.41) is 7.69. The average Bonchev–Trinajstić information content (AvgIpc) is 2.90. The molecule has 126 valence electrons. The first-order valence-electron chi connectivity index (χ1n) is 8.49. The summed E-state index contributed by atoms with van der Waals surface area (Å²) in [5.74, 6) is 0.108. The van der Waals surface area contributed by atoms with Crippen LogP contribution in [-0.4, -0.2) is 48.6 Å². The third-order valence-electron chi connectivity index (χ3n) is 4.98. The normalized spacial score (nSPS) is 25.3. The van der Waals surface area contributed by atoms with Gasteiger partial charge in [-0.3, -0.25) is 4.79 Å². The predicted molar refractivity (Wildman–Crippen MR) is 93.9 cm³/mol. The molecule has 2 heterocycles. The van der Waals surface area contributed by atoms with E-state index in [0.29, 0.717) is 5.02 Å². The Morgan fingerprint density at radius 3 is 2.48 bits per heavy atom. The highest BCUT2D eigenvalue weighted by Gasteiger charge is 2.40. The molecule has 2 aliphatic rings. The highest BCUT2D eigenvalue weighted by atomic mass is 35.5. The minimum absolute atomic E-state index is 0.0963. The Hall–Kier alpha value is -1.10. The SMILES string of the molecule is CC1(C)CC[C@@H]([C@@H](C(=O)N2CCNCC2)c2ccc(Cl)cc2)N1. The van der Waals surface area contributed by atoms with Crippen LogP contribution in [0.1, 0.15) is 38.2 Å². The fourth-order valence-corrected chi connectivity index (χ4v) is 3.84. The molecule has 1 aromatic carbocycles. The van der Waals surface area contributed by atoms with Crippen LogP contribution in [0.15, 0.2) is 24.3 Å². The Kier molecular flexibility index (Phi) is 4.95. The molecule has 2 saturated heterocycles. The monoisotopic (exact) mass is 335 g/mol. The molecule has 0 bridgehead atoms. The first-order chi connectivity index (χ1) is 11.0. The summed E-state index contributed by atoms with van der Waals surface area (Å²) < 4.78 is 0. The van der Waals surface area contributed by atoms with Crippen LogP contribution in [0.5, 0.6) is 0 Å². The van der Waals surface area contributed by atoms with Gasteiger partial charge in [-0.15, -0.1) is 0 Å². The number of amides is 1. The van der Waals surface area contributed by atoms with E-state index in [9.17, 15) is 4.79 Å². The Bertz CT molecular complexity index is 552. The second kappa shape index (κ2) is 6.80. The van der Waals surface area contributed by atoms with Crippen molar-refractivity contribution in [3.8, 4) is 0 Å². The summed E-state index contributed by atoms with van der Waals surface area (Å²) in [6, 6.07) is 7.96. The summed E-state index contributed by atoms with van der Waals surface area (Å²) in [4.78, 5) is 15.2. The number of rotatable bonds is 3. The van der Waals surface area contributed by atoms with E-state index in [2.05, 4.69) is 24.5 Å². The summed E-state index contributed by atoms with van der Waals surface area (Å²) in [6.45, 7) is 7.76. The van der Waals surface area contributed by atoms with Gasteiger partial charge in [0.15, 0.2) is 0 Å². The van der Waals surface area contributed by atoms with Gasteiger partial charge in [-0.2, -0.15) is 0 Å². The topological polar surface area (TPSA) is 44.4 Å². The van der Waals surface area contributed by atoms with Crippen molar-refractivity contribution in [3.63, 3.8) is 0 Å². The fourth-order valence-electron chi connectivity index (χ4n) is 3.71. The molecule has 2 aliphatic heterocycles. The summed E-state index contributed by atoms with van der Waals surface area (Å²) in [7, 11) is 0. The van der Waals surface area contributed by atoms with E-state index < -0.39 is 0 Å². The zero-order chi connectivity index (χ0) is 16.4. The quantitative estimate of drug-likeness (QED) is 0.891. The highest BCUT2D eigenvalue weighted by molar-refractivity contribution is 6.30. The van der Waals surface area contributed by atoms with E-state index in [1.54, 1.807) is 0 Å². The second-order valence-electron chi connectivity index (χ2n) is 7.28. The number of nitrogens with one attached hydrogen (secondary N) is 2. The van der Waals surface area contributed by atoms with E-state index in [-0.39, 0.29) is 23.4 Å². The Morgan fingerprint density at radius 2 is 1.91 bits per heavy atom. The van der Waals surface area contributed by atoms with Gasteiger partial charge in [0.1, 0.15) is 0 Å². The maximum atomic E-state index is 13.2. The van der Waals surface area contributed by atoms with E-state index in [1.165, 1.54) is 0 Å². The molecule has 0 radical (unpaired) electrons. The van der Waals surface area contributed by atoms with Gasteiger partial charge in [-0.25, -0.2) is 0 Å². The molecule has 2 N–H and O–H groups in total. The van der Waals surface area contributed by atoms with E-state index in [1.807, 2.05) is 29.2 Å². The van der Waals surface area contributed by atoms with Crippen molar-refractivity contribution >= 4 is 17.5 Å². The van der Waals surface area contributed by atoms with Crippen molar-refractivity contribution in [1.29, 1.82) is 0 Å². The maximum Gasteiger partial charge on any atom is 0.231 e. The van der Waals surface area contributed by atoms with Gasteiger partial charge in [0.2, 0.25) is 5.91 Å². The van der Waals surface area contributed by atoms with Crippen LogP contribution in [0.25, 0.3) is 0 Å². The largest absolute Gasteiger partial charge is 0.340 e. The number of benzene rings is 1. The van der Waals surface area contributed by atoms with Crippen molar-refractivity contribution in [3.05, 3.63) is 34.9 Å². The van der Waals surface area contributed by atoms with Gasteiger partial charge in [-0.05, 0) is 44.4 Å². The smallest absolute Gasteiger partial charge is 0.231 e. The average molecular weight is 336 g/mol. The maximum absolute atomic E-state index is 13.2. The molecule has 1 aromatic rings. The van der Waals surface area contributed by atoms with Crippen molar-refractivity contribution in [2.75, 3.05) is 26.2 Å². The summed E-state index contributed by atoms with van der Waals surface area (Å²) >= 11 is 6.03. The number of halogens is 1. The molecule has 0 spiro atoms. The van der Waals surface area contributed by atoms with Crippen molar-refractivity contribution in [2.45, 2.75) is 44.2 Å². The molecule has 0 unspecified atom stereocenters. The molecule has 5 heteroatoms. The molecular formula is C18H26ClN3O. The van der Waals surface area contributed by atoms with Crippen molar-refractivity contribution in [2.24, 2.45) is 0 Å². The Labute approximate surface area is 143 Å². The van der Waals surface area contributed by atoms with Crippen LogP contribution in [-0.2, 0) is 4.79 Å². The lowest BCUT2D eigenvalue weighted by atomic mass is 9.89.